The molecule has 0 saturated carbocycles. The summed E-state index contributed by atoms with van der Waals surface area (Å²) in [5.41, 5.74) is 3.82. The van der Waals surface area contributed by atoms with Gasteiger partial charge in [0.15, 0.2) is 0 Å². The van der Waals surface area contributed by atoms with E-state index in [1.807, 2.05) is 39.0 Å². The van der Waals surface area contributed by atoms with E-state index in [0.29, 0.717) is 11.3 Å². The smallest absolute Gasteiger partial charge is 0.261 e. The highest BCUT2D eigenvalue weighted by molar-refractivity contribution is 7.92. The molecule has 32 heavy (non-hydrogen) atoms. The van der Waals surface area contributed by atoms with Crippen molar-refractivity contribution in [2.75, 3.05) is 11.8 Å². The van der Waals surface area contributed by atoms with Crippen LogP contribution in [-0.2, 0) is 10.0 Å². The number of anilines is 1. The summed E-state index contributed by atoms with van der Waals surface area (Å²) in [6.45, 7) is 5.87. The molecule has 0 bridgehead atoms. The second kappa shape index (κ2) is 9.87. The van der Waals surface area contributed by atoms with Crippen LogP contribution in [-0.4, -0.2) is 21.4 Å². The van der Waals surface area contributed by atoms with Gasteiger partial charge in [-0.1, -0.05) is 36.8 Å². The van der Waals surface area contributed by atoms with Crippen LogP contribution in [0.2, 0.25) is 0 Å². The summed E-state index contributed by atoms with van der Waals surface area (Å²) in [6, 6.07) is 18.7. The number of nitrogens with one attached hydrogen (secondary N) is 2. The number of methoxy groups -OCH3 is 1. The van der Waals surface area contributed by atoms with Gasteiger partial charge >= 0.3 is 0 Å². The van der Waals surface area contributed by atoms with E-state index >= 15 is 0 Å². The van der Waals surface area contributed by atoms with Crippen molar-refractivity contribution in [3.63, 3.8) is 0 Å². The second-order valence-electron chi connectivity index (χ2n) is 7.66. The fourth-order valence-corrected chi connectivity index (χ4v) is 4.46. The molecule has 3 aromatic carbocycles. The van der Waals surface area contributed by atoms with Gasteiger partial charge in [-0.15, -0.1) is 0 Å². The predicted octanol–water partition coefficient (Wildman–Crippen LogP) is 4.99. The Morgan fingerprint density at radius 2 is 1.62 bits per heavy atom. The predicted molar refractivity (Wildman–Crippen MR) is 127 cm³/mol. The van der Waals surface area contributed by atoms with Crippen LogP contribution in [0, 0.1) is 13.8 Å². The monoisotopic (exact) mass is 452 g/mol. The molecule has 2 N–H and O–H groups in total. The van der Waals surface area contributed by atoms with E-state index in [9.17, 15) is 13.2 Å². The van der Waals surface area contributed by atoms with E-state index in [4.69, 9.17) is 4.74 Å². The zero-order valence-corrected chi connectivity index (χ0v) is 19.5. The number of ether oxygens (including phenoxy) is 1. The number of carbonyl (C=O) groups is 1. The van der Waals surface area contributed by atoms with Crippen LogP contribution in [0.15, 0.2) is 71.6 Å². The first-order valence-corrected chi connectivity index (χ1v) is 11.9. The fourth-order valence-electron chi connectivity index (χ4n) is 3.40. The molecular weight excluding hydrogens is 424 g/mol. The van der Waals surface area contributed by atoms with Crippen molar-refractivity contribution in [3.05, 3.63) is 89.0 Å². The standard InChI is InChI=1S/C25H28N2O4S/c1-5-23(20-10-15-24(31-4)18(3)16-20)26-25(28)19-8-11-21(12-9-19)27-32(29,30)22-13-6-17(2)7-14-22/h6-16,23,27H,5H2,1-4H3,(H,26,28)/t23-/m1/s1. The number of benzene rings is 3. The number of aryl methyl sites for hydroxylation is 2. The van der Waals surface area contributed by atoms with E-state index in [0.717, 1.165) is 28.9 Å². The lowest BCUT2D eigenvalue weighted by atomic mass is 10.0. The zero-order chi connectivity index (χ0) is 23.3. The summed E-state index contributed by atoms with van der Waals surface area (Å²) in [4.78, 5) is 13.0. The van der Waals surface area contributed by atoms with Gasteiger partial charge in [-0.2, -0.15) is 0 Å². The first-order valence-electron chi connectivity index (χ1n) is 10.4. The highest BCUT2D eigenvalue weighted by Crippen LogP contribution is 2.25. The van der Waals surface area contributed by atoms with Crippen molar-refractivity contribution < 1.29 is 17.9 Å². The average Bonchev–Trinajstić information content (AvgIpc) is 2.77. The molecular formula is C25H28N2O4S. The number of hydrogen-bond donors (Lipinski definition) is 2. The quantitative estimate of drug-likeness (QED) is 0.504. The average molecular weight is 453 g/mol. The molecule has 168 valence electrons. The van der Waals surface area contributed by atoms with Crippen LogP contribution < -0.4 is 14.8 Å². The minimum atomic E-state index is -3.69. The maximum atomic E-state index is 12.8. The lowest BCUT2D eigenvalue weighted by Gasteiger charge is -2.19. The van der Waals surface area contributed by atoms with Gasteiger partial charge in [0.25, 0.3) is 15.9 Å². The molecule has 1 atom stereocenters. The highest BCUT2D eigenvalue weighted by atomic mass is 32.2. The Morgan fingerprint density at radius 1 is 0.969 bits per heavy atom. The SMILES string of the molecule is CC[C@@H](NC(=O)c1ccc(NS(=O)(=O)c2ccc(C)cc2)cc1)c1ccc(OC)c(C)c1. The zero-order valence-electron chi connectivity index (χ0n) is 18.7. The van der Waals surface area contributed by atoms with Gasteiger partial charge in [0, 0.05) is 11.3 Å². The molecule has 0 aliphatic rings. The van der Waals surface area contributed by atoms with Crippen molar-refractivity contribution >= 4 is 21.6 Å². The molecule has 6 nitrogen and oxygen atoms in total. The first-order chi connectivity index (χ1) is 15.2. The van der Waals surface area contributed by atoms with Gasteiger partial charge in [-0.3, -0.25) is 9.52 Å². The Morgan fingerprint density at radius 3 is 2.19 bits per heavy atom. The molecule has 3 aromatic rings. The van der Waals surface area contributed by atoms with Crippen LogP contribution in [0.3, 0.4) is 0 Å². The highest BCUT2D eigenvalue weighted by Gasteiger charge is 2.17. The summed E-state index contributed by atoms with van der Waals surface area (Å²) >= 11 is 0. The van der Waals surface area contributed by atoms with Gasteiger partial charge in [-0.25, -0.2) is 8.42 Å². The summed E-state index contributed by atoms with van der Waals surface area (Å²) in [7, 11) is -2.06. The van der Waals surface area contributed by atoms with E-state index in [1.165, 1.54) is 0 Å². The molecule has 7 heteroatoms. The van der Waals surface area contributed by atoms with Gasteiger partial charge in [-0.05, 0) is 73.9 Å². The number of sulfonamides is 1. The summed E-state index contributed by atoms with van der Waals surface area (Å²) in [5.74, 6) is 0.580. The molecule has 0 heterocycles. The molecule has 0 spiro atoms. The van der Waals surface area contributed by atoms with Gasteiger partial charge < -0.3 is 10.1 Å². The Labute approximate surface area is 189 Å². The topological polar surface area (TPSA) is 84.5 Å². The van der Waals surface area contributed by atoms with Crippen LogP contribution in [0.5, 0.6) is 5.75 Å². The minimum Gasteiger partial charge on any atom is -0.496 e. The van der Waals surface area contributed by atoms with Crippen molar-refractivity contribution in [2.24, 2.45) is 0 Å². The number of amides is 1. The third kappa shape index (κ3) is 5.48. The maximum absolute atomic E-state index is 12.8. The summed E-state index contributed by atoms with van der Waals surface area (Å²) in [5, 5.41) is 3.04. The van der Waals surface area contributed by atoms with E-state index in [2.05, 4.69) is 10.0 Å². The third-order valence-corrected chi connectivity index (χ3v) is 6.66. The summed E-state index contributed by atoms with van der Waals surface area (Å²) < 4.78 is 32.9. The number of rotatable bonds is 8. The normalized spacial score (nSPS) is 12.1. The second-order valence-corrected chi connectivity index (χ2v) is 9.34. The van der Waals surface area contributed by atoms with Crippen molar-refractivity contribution in [1.82, 2.24) is 5.32 Å². The lowest BCUT2D eigenvalue weighted by molar-refractivity contribution is 0.0935. The Bertz CT molecular complexity index is 1190. The maximum Gasteiger partial charge on any atom is 0.261 e. The van der Waals surface area contributed by atoms with Gasteiger partial charge in [0.2, 0.25) is 0 Å². The van der Waals surface area contributed by atoms with Gasteiger partial charge in [0.1, 0.15) is 5.75 Å². The molecule has 3 rings (SSSR count). The van der Waals surface area contributed by atoms with Gasteiger partial charge in [0.05, 0.1) is 18.0 Å². The van der Waals surface area contributed by atoms with E-state index in [-0.39, 0.29) is 16.8 Å². The molecule has 0 radical (unpaired) electrons. The molecule has 0 aromatic heterocycles. The molecule has 0 fully saturated rings. The lowest BCUT2D eigenvalue weighted by Crippen LogP contribution is -2.28. The molecule has 0 unspecified atom stereocenters. The van der Waals surface area contributed by atoms with E-state index < -0.39 is 10.0 Å². The van der Waals surface area contributed by atoms with Crippen molar-refractivity contribution in [3.8, 4) is 5.75 Å². The first kappa shape index (κ1) is 23.3. The third-order valence-electron chi connectivity index (χ3n) is 5.27. The number of carbonyl (C=O) groups excluding carboxylic acids is 1. The Balaban J connectivity index is 1.70. The molecule has 0 aliphatic heterocycles. The molecule has 1 amide bonds. The van der Waals surface area contributed by atoms with E-state index in [1.54, 1.807) is 55.6 Å². The van der Waals surface area contributed by atoms with Crippen molar-refractivity contribution in [1.29, 1.82) is 0 Å². The largest absolute Gasteiger partial charge is 0.496 e. The summed E-state index contributed by atoms with van der Waals surface area (Å²) in [6.07, 6.45) is 0.728. The Kier molecular flexibility index (Phi) is 7.20. The minimum absolute atomic E-state index is 0.146. The van der Waals surface area contributed by atoms with Crippen LogP contribution in [0.1, 0.15) is 46.4 Å². The Hall–Kier alpha value is -3.32. The fraction of sp³-hybridized carbons (Fsp3) is 0.240. The van der Waals surface area contributed by atoms with Crippen LogP contribution in [0.4, 0.5) is 5.69 Å². The van der Waals surface area contributed by atoms with Crippen LogP contribution in [0.25, 0.3) is 0 Å². The molecule has 0 saturated heterocycles. The molecule has 0 aliphatic carbocycles. The van der Waals surface area contributed by atoms with Crippen molar-refractivity contribution in [2.45, 2.75) is 38.1 Å². The number of hydrogen-bond acceptors (Lipinski definition) is 4. The van der Waals surface area contributed by atoms with Crippen LogP contribution >= 0.6 is 0 Å².